The molecule has 0 spiro atoms. The maximum absolute atomic E-state index is 9.63. The zero-order valence-electron chi connectivity index (χ0n) is 12.0. The van der Waals surface area contributed by atoms with E-state index >= 15 is 0 Å². The van der Waals surface area contributed by atoms with Gasteiger partial charge in [-0.2, -0.15) is 0 Å². The largest absolute Gasteiger partial charge is 0.396 e. The molecule has 1 aromatic carbocycles. The molecule has 2 atom stereocenters. The Labute approximate surface area is 121 Å². The van der Waals surface area contributed by atoms with E-state index in [1.165, 1.54) is 11.1 Å². The fourth-order valence-corrected chi connectivity index (χ4v) is 3.94. The van der Waals surface area contributed by atoms with Gasteiger partial charge in [-0.15, -0.1) is 0 Å². The highest BCUT2D eigenvalue weighted by Gasteiger charge is 2.43. The van der Waals surface area contributed by atoms with Crippen LogP contribution in [0.5, 0.6) is 0 Å². The van der Waals surface area contributed by atoms with E-state index in [0.717, 1.165) is 12.8 Å². The highest BCUT2D eigenvalue weighted by molar-refractivity contribution is 5.63. The highest BCUT2D eigenvalue weighted by Crippen LogP contribution is 2.53. The van der Waals surface area contributed by atoms with Crippen molar-refractivity contribution in [3.05, 3.63) is 65.8 Å². The van der Waals surface area contributed by atoms with E-state index in [9.17, 15) is 5.11 Å². The van der Waals surface area contributed by atoms with Crippen LogP contribution in [0.3, 0.4) is 0 Å². The number of hydrogen-bond donors (Lipinski definition) is 1. The third-order valence-corrected chi connectivity index (χ3v) is 5.07. The molecule has 0 amide bonds. The van der Waals surface area contributed by atoms with Crippen molar-refractivity contribution in [3.8, 4) is 0 Å². The summed E-state index contributed by atoms with van der Waals surface area (Å²) in [6.07, 6.45) is 15.3. The minimum Gasteiger partial charge on any atom is -0.396 e. The van der Waals surface area contributed by atoms with Gasteiger partial charge in [-0.3, -0.25) is 0 Å². The predicted octanol–water partition coefficient (Wildman–Crippen LogP) is 4.32. The maximum Gasteiger partial charge on any atom is 0.0436 e. The first-order valence-electron chi connectivity index (χ1n) is 7.55. The van der Waals surface area contributed by atoms with Crippen LogP contribution in [-0.2, 0) is 0 Å². The maximum atomic E-state index is 9.63. The summed E-state index contributed by atoms with van der Waals surface area (Å²) >= 11 is 0. The number of benzene rings is 1. The summed E-state index contributed by atoms with van der Waals surface area (Å²) in [5, 5.41) is 9.63. The molecule has 1 heteroatoms. The van der Waals surface area contributed by atoms with Crippen LogP contribution in [0.4, 0.5) is 0 Å². The molecule has 0 aliphatic heterocycles. The first-order chi connectivity index (χ1) is 9.81. The van der Waals surface area contributed by atoms with E-state index in [-0.39, 0.29) is 12.0 Å². The van der Waals surface area contributed by atoms with Gasteiger partial charge in [0.1, 0.15) is 0 Å². The molecular formula is C19H22O. The molecule has 1 aromatic rings. The molecule has 0 bridgehead atoms. The third kappa shape index (κ3) is 1.97. The van der Waals surface area contributed by atoms with Crippen LogP contribution in [0.25, 0.3) is 6.08 Å². The van der Waals surface area contributed by atoms with Gasteiger partial charge in [0.25, 0.3) is 0 Å². The van der Waals surface area contributed by atoms with Crippen molar-refractivity contribution in [2.24, 2.45) is 11.3 Å². The number of rotatable bonds is 5. The van der Waals surface area contributed by atoms with Crippen LogP contribution in [0.15, 0.2) is 54.6 Å². The van der Waals surface area contributed by atoms with Gasteiger partial charge in [-0.05, 0) is 29.4 Å². The van der Waals surface area contributed by atoms with Gasteiger partial charge in [0.05, 0.1) is 0 Å². The van der Waals surface area contributed by atoms with E-state index in [1.807, 2.05) is 0 Å². The summed E-state index contributed by atoms with van der Waals surface area (Å²) in [5.41, 5.74) is 2.83. The normalized spacial score (nSPS) is 23.2. The monoisotopic (exact) mass is 266 g/mol. The predicted molar refractivity (Wildman–Crippen MR) is 84.4 cm³/mol. The van der Waals surface area contributed by atoms with Crippen LogP contribution >= 0.6 is 0 Å². The average Bonchev–Trinajstić information content (AvgIpc) is 3.15. The third-order valence-electron chi connectivity index (χ3n) is 5.07. The Kier molecular flexibility index (Phi) is 3.62. The first-order valence-corrected chi connectivity index (χ1v) is 7.55. The number of fused-ring (bicyclic) bond motifs is 1. The SMILES string of the molecule is CCC(CCO)(C1C=CC=C1)C1C=Cc2ccccc21. The second kappa shape index (κ2) is 5.41. The Morgan fingerprint density at radius 3 is 2.55 bits per heavy atom. The Balaban J connectivity index is 2.05. The van der Waals surface area contributed by atoms with E-state index in [4.69, 9.17) is 0 Å². The Hall–Kier alpha value is -1.60. The van der Waals surface area contributed by atoms with E-state index in [2.05, 4.69) is 67.6 Å². The number of allylic oxidation sites excluding steroid dienone is 5. The first kappa shape index (κ1) is 13.4. The minimum atomic E-state index is 0.0847. The summed E-state index contributed by atoms with van der Waals surface area (Å²) in [6, 6.07) is 8.65. The van der Waals surface area contributed by atoms with Crippen LogP contribution < -0.4 is 0 Å². The van der Waals surface area contributed by atoms with Crippen molar-refractivity contribution in [1.82, 2.24) is 0 Å². The Morgan fingerprint density at radius 2 is 1.85 bits per heavy atom. The zero-order valence-corrected chi connectivity index (χ0v) is 12.0. The molecule has 1 nitrogen and oxygen atoms in total. The standard InChI is InChI=1S/C19H22O/c1-2-19(13-14-20,16-8-4-5-9-16)18-12-11-15-7-3-6-10-17(15)18/h3-12,16,18,20H,2,13-14H2,1H3. The van der Waals surface area contributed by atoms with Gasteiger partial charge in [0.2, 0.25) is 0 Å². The van der Waals surface area contributed by atoms with Crippen molar-refractivity contribution < 1.29 is 5.11 Å². The van der Waals surface area contributed by atoms with Gasteiger partial charge < -0.3 is 5.11 Å². The van der Waals surface area contributed by atoms with Gasteiger partial charge in [-0.25, -0.2) is 0 Å². The van der Waals surface area contributed by atoms with Crippen LogP contribution in [0.2, 0.25) is 0 Å². The lowest BCUT2D eigenvalue weighted by atomic mass is 9.62. The highest BCUT2D eigenvalue weighted by atomic mass is 16.3. The van der Waals surface area contributed by atoms with Crippen LogP contribution in [0.1, 0.15) is 36.8 Å². The summed E-state index contributed by atoms with van der Waals surface area (Å²) in [6.45, 7) is 2.50. The molecule has 0 saturated heterocycles. The van der Waals surface area contributed by atoms with Gasteiger partial charge >= 0.3 is 0 Å². The smallest absolute Gasteiger partial charge is 0.0436 e. The average molecular weight is 266 g/mol. The van der Waals surface area contributed by atoms with E-state index < -0.39 is 0 Å². The number of aliphatic hydroxyl groups excluding tert-OH is 1. The fourth-order valence-electron chi connectivity index (χ4n) is 3.94. The Morgan fingerprint density at radius 1 is 1.10 bits per heavy atom. The van der Waals surface area contributed by atoms with Gasteiger partial charge in [-0.1, -0.05) is 67.6 Å². The van der Waals surface area contributed by atoms with E-state index in [1.54, 1.807) is 0 Å². The van der Waals surface area contributed by atoms with Crippen molar-refractivity contribution in [3.63, 3.8) is 0 Å². The molecule has 0 saturated carbocycles. The van der Waals surface area contributed by atoms with Crippen molar-refractivity contribution in [2.75, 3.05) is 6.61 Å². The molecule has 3 rings (SSSR count). The zero-order chi connectivity index (χ0) is 14.0. The lowest BCUT2D eigenvalue weighted by Gasteiger charge is -2.42. The molecule has 2 unspecified atom stereocenters. The van der Waals surface area contributed by atoms with Gasteiger partial charge in [0.15, 0.2) is 0 Å². The van der Waals surface area contributed by atoms with E-state index in [0.29, 0.717) is 11.8 Å². The molecule has 0 radical (unpaired) electrons. The fraction of sp³-hybridized carbons (Fsp3) is 0.368. The van der Waals surface area contributed by atoms with Crippen molar-refractivity contribution in [1.29, 1.82) is 0 Å². The molecular weight excluding hydrogens is 244 g/mol. The lowest BCUT2D eigenvalue weighted by molar-refractivity contribution is 0.129. The van der Waals surface area contributed by atoms with Crippen LogP contribution in [-0.4, -0.2) is 11.7 Å². The summed E-state index contributed by atoms with van der Waals surface area (Å²) in [5.74, 6) is 0.814. The molecule has 2 aliphatic rings. The number of hydrogen-bond acceptors (Lipinski definition) is 1. The lowest BCUT2D eigenvalue weighted by Crippen LogP contribution is -2.34. The summed E-state index contributed by atoms with van der Waals surface area (Å²) < 4.78 is 0. The van der Waals surface area contributed by atoms with Crippen molar-refractivity contribution in [2.45, 2.75) is 25.7 Å². The molecule has 0 heterocycles. The minimum absolute atomic E-state index is 0.0847. The quantitative estimate of drug-likeness (QED) is 0.841. The molecule has 0 aromatic heterocycles. The summed E-state index contributed by atoms with van der Waals surface area (Å²) in [7, 11) is 0. The second-order valence-corrected chi connectivity index (χ2v) is 5.82. The van der Waals surface area contributed by atoms with Crippen LogP contribution in [0, 0.1) is 11.3 Å². The number of aliphatic hydroxyl groups is 1. The summed E-state index contributed by atoms with van der Waals surface area (Å²) in [4.78, 5) is 0. The van der Waals surface area contributed by atoms with Gasteiger partial charge in [0, 0.05) is 18.4 Å². The molecule has 2 aliphatic carbocycles. The molecule has 20 heavy (non-hydrogen) atoms. The Bertz CT molecular complexity index is 555. The second-order valence-electron chi connectivity index (χ2n) is 5.82. The van der Waals surface area contributed by atoms with Crippen molar-refractivity contribution >= 4 is 6.08 Å². The topological polar surface area (TPSA) is 20.2 Å². The molecule has 0 fully saturated rings. The molecule has 1 N–H and O–H groups in total. The molecule has 104 valence electrons.